The van der Waals surface area contributed by atoms with Crippen LogP contribution in [-0.2, 0) is 0 Å². The van der Waals surface area contributed by atoms with Crippen LogP contribution in [0, 0.1) is 5.41 Å². The molecule has 1 aliphatic rings. The molecule has 0 aliphatic carbocycles. The van der Waals surface area contributed by atoms with Crippen molar-refractivity contribution in [2.75, 3.05) is 0 Å². The van der Waals surface area contributed by atoms with Crippen LogP contribution in [0.2, 0.25) is 0 Å². The lowest BCUT2D eigenvalue weighted by atomic mass is 9.83. The van der Waals surface area contributed by atoms with Gasteiger partial charge in [-0.3, -0.25) is 0 Å². The first-order valence-corrected chi connectivity index (χ1v) is 3.18. The van der Waals surface area contributed by atoms with Gasteiger partial charge in [0.2, 0.25) is 0 Å². The topological polar surface area (TPSA) is 12.4 Å². The third-order valence-corrected chi connectivity index (χ3v) is 1.42. The SMILES string of the molecule is CC(C)(C)C1=C[B]N=C1. The number of rotatable bonds is 0. The van der Waals surface area contributed by atoms with Crippen molar-refractivity contribution < 1.29 is 0 Å². The van der Waals surface area contributed by atoms with Gasteiger partial charge in [-0.1, -0.05) is 26.7 Å². The van der Waals surface area contributed by atoms with E-state index in [0.29, 0.717) is 0 Å². The van der Waals surface area contributed by atoms with Crippen molar-refractivity contribution in [3.63, 3.8) is 0 Å². The largest absolute Gasteiger partial charge is 0.349 e. The maximum absolute atomic E-state index is 3.99. The van der Waals surface area contributed by atoms with Crippen molar-refractivity contribution in [3.8, 4) is 0 Å². The van der Waals surface area contributed by atoms with Crippen molar-refractivity contribution in [3.05, 3.63) is 11.5 Å². The molecule has 1 rings (SSSR count). The van der Waals surface area contributed by atoms with E-state index < -0.39 is 0 Å². The molecule has 1 aliphatic heterocycles. The fourth-order valence-corrected chi connectivity index (χ4v) is 0.733. The molecular formula is C7H11BN. The molecule has 9 heavy (non-hydrogen) atoms. The summed E-state index contributed by atoms with van der Waals surface area (Å²) in [6, 6.07) is 0. The average Bonchev–Trinajstić information content (AvgIpc) is 2.08. The van der Waals surface area contributed by atoms with Crippen LogP contribution in [-0.4, -0.2) is 13.6 Å². The number of hydrogen-bond acceptors (Lipinski definition) is 1. The van der Waals surface area contributed by atoms with Gasteiger partial charge in [-0.25, -0.2) is 0 Å². The highest BCUT2D eigenvalue weighted by atomic mass is 14.6. The Morgan fingerprint density at radius 1 is 1.44 bits per heavy atom. The van der Waals surface area contributed by atoms with Gasteiger partial charge in [-0.15, -0.1) is 0 Å². The smallest absolute Gasteiger partial charge is 0.304 e. The van der Waals surface area contributed by atoms with E-state index in [9.17, 15) is 0 Å². The van der Waals surface area contributed by atoms with Crippen LogP contribution in [0.4, 0.5) is 0 Å². The molecule has 0 fully saturated rings. The lowest BCUT2D eigenvalue weighted by Crippen LogP contribution is -2.08. The van der Waals surface area contributed by atoms with E-state index in [-0.39, 0.29) is 5.41 Å². The average molecular weight is 120 g/mol. The number of allylic oxidation sites excluding steroid dienone is 1. The summed E-state index contributed by atoms with van der Waals surface area (Å²) >= 11 is 0. The summed E-state index contributed by atoms with van der Waals surface area (Å²) in [7, 11) is 1.83. The fourth-order valence-electron chi connectivity index (χ4n) is 0.733. The van der Waals surface area contributed by atoms with Crippen molar-refractivity contribution in [1.82, 2.24) is 0 Å². The highest BCUT2D eigenvalue weighted by molar-refractivity contribution is 6.45. The first-order chi connectivity index (χ1) is 4.11. The Bertz CT molecular complexity index is 162. The third kappa shape index (κ3) is 1.44. The molecule has 1 nitrogen and oxygen atoms in total. The van der Waals surface area contributed by atoms with Crippen LogP contribution in [0.25, 0.3) is 0 Å². The Balaban J connectivity index is 2.73. The molecule has 0 saturated heterocycles. The van der Waals surface area contributed by atoms with E-state index in [1.165, 1.54) is 5.57 Å². The normalized spacial score (nSPS) is 17.4. The summed E-state index contributed by atoms with van der Waals surface area (Å²) in [6.45, 7) is 6.55. The standard InChI is InChI=1S/C7H11BN/c1-7(2,3)6-4-8-9-5-6/h4-5H,1-3H3. The van der Waals surface area contributed by atoms with Gasteiger partial charge in [-0.05, 0) is 11.0 Å². The molecule has 0 amide bonds. The third-order valence-electron chi connectivity index (χ3n) is 1.42. The highest BCUT2D eigenvalue weighted by Crippen LogP contribution is 2.24. The molecule has 0 aromatic rings. The molecule has 2 heteroatoms. The van der Waals surface area contributed by atoms with E-state index in [4.69, 9.17) is 0 Å². The molecule has 0 aromatic carbocycles. The van der Waals surface area contributed by atoms with Crippen LogP contribution in [0.5, 0.6) is 0 Å². The molecular weight excluding hydrogens is 109 g/mol. The summed E-state index contributed by atoms with van der Waals surface area (Å²) < 4.78 is 0. The Hall–Kier alpha value is -0.525. The summed E-state index contributed by atoms with van der Waals surface area (Å²) in [5, 5.41) is 0. The van der Waals surface area contributed by atoms with Crippen molar-refractivity contribution in [2.45, 2.75) is 20.8 Å². The molecule has 0 unspecified atom stereocenters. The van der Waals surface area contributed by atoms with Crippen molar-refractivity contribution >= 4 is 13.6 Å². The Kier molecular flexibility index (Phi) is 1.48. The quantitative estimate of drug-likeness (QED) is 0.430. The van der Waals surface area contributed by atoms with Gasteiger partial charge < -0.3 is 4.90 Å². The van der Waals surface area contributed by atoms with E-state index >= 15 is 0 Å². The van der Waals surface area contributed by atoms with Crippen LogP contribution in [0.15, 0.2) is 16.5 Å². The second-order valence-corrected chi connectivity index (χ2v) is 3.30. The van der Waals surface area contributed by atoms with Gasteiger partial charge in [0.05, 0.1) is 0 Å². The minimum Gasteiger partial charge on any atom is -0.349 e. The van der Waals surface area contributed by atoms with Gasteiger partial charge >= 0.3 is 7.41 Å². The molecule has 0 atom stereocenters. The number of nitrogens with zero attached hydrogens (tertiary/aromatic N) is 1. The van der Waals surface area contributed by atoms with Crippen molar-refractivity contribution in [1.29, 1.82) is 0 Å². The van der Waals surface area contributed by atoms with Gasteiger partial charge in [0.25, 0.3) is 0 Å². The summed E-state index contributed by atoms with van der Waals surface area (Å²) in [5.41, 5.74) is 1.57. The number of hydrogen-bond donors (Lipinski definition) is 0. The minimum atomic E-state index is 0.260. The van der Waals surface area contributed by atoms with Crippen LogP contribution in [0.3, 0.4) is 0 Å². The fraction of sp³-hybridized carbons (Fsp3) is 0.571. The molecule has 47 valence electrons. The first-order valence-electron chi connectivity index (χ1n) is 3.18. The Labute approximate surface area is 57.1 Å². The van der Waals surface area contributed by atoms with E-state index in [0.717, 1.165) is 0 Å². The van der Waals surface area contributed by atoms with Crippen LogP contribution >= 0.6 is 0 Å². The maximum Gasteiger partial charge on any atom is 0.304 e. The predicted molar refractivity (Wildman–Crippen MR) is 41.8 cm³/mol. The van der Waals surface area contributed by atoms with Crippen LogP contribution < -0.4 is 0 Å². The zero-order valence-electron chi connectivity index (χ0n) is 6.18. The molecule has 0 bridgehead atoms. The Morgan fingerprint density at radius 3 is 2.33 bits per heavy atom. The predicted octanol–water partition coefficient (Wildman–Crippen LogP) is 1.62. The van der Waals surface area contributed by atoms with E-state index in [1.54, 1.807) is 0 Å². The molecule has 0 N–H and O–H groups in total. The van der Waals surface area contributed by atoms with E-state index in [2.05, 4.69) is 31.7 Å². The van der Waals surface area contributed by atoms with Crippen molar-refractivity contribution in [2.24, 2.45) is 10.3 Å². The summed E-state index contributed by atoms with van der Waals surface area (Å²) in [4.78, 5) is 3.99. The van der Waals surface area contributed by atoms with Gasteiger partial charge in [0.15, 0.2) is 0 Å². The first kappa shape index (κ1) is 6.59. The maximum atomic E-state index is 3.99. The zero-order valence-corrected chi connectivity index (χ0v) is 6.18. The molecule has 0 saturated carbocycles. The molecule has 1 heterocycles. The second kappa shape index (κ2) is 2.01. The van der Waals surface area contributed by atoms with Crippen LogP contribution in [0.1, 0.15) is 20.8 Å². The Morgan fingerprint density at radius 2 is 2.11 bits per heavy atom. The van der Waals surface area contributed by atoms with Gasteiger partial charge in [0.1, 0.15) is 0 Å². The lowest BCUT2D eigenvalue weighted by Gasteiger charge is -2.17. The minimum absolute atomic E-state index is 0.260. The molecule has 0 aromatic heterocycles. The second-order valence-electron chi connectivity index (χ2n) is 3.30. The summed E-state index contributed by atoms with van der Waals surface area (Å²) in [6.07, 6.45) is 1.92. The summed E-state index contributed by atoms with van der Waals surface area (Å²) in [5.74, 6) is 2.06. The zero-order chi connectivity index (χ0) is 6.91. The van der Waals surface area contributed by atoms with Gasteiger partial charge in [0, 0.05) is 6.21 Å². The molecule has 1 radical (unpaired) electrons. The lowest BCUT2D eigenvalue weighted by molar-refractivity contribution is 0.528. The van der Waals surface area contributed by atoms with E-state index in [1.807, 2.05) is 13.6 Å². The van der Waals surface area contributed by atoms with Gasteiger partial charge in [-0.2, -0.15) is 0 Å². The highest BCUT2D eigenvalue weighted by Gasteiger charge is 2.16. The monoisotopic (exact) mass is 120 g/mol. The molecule has 0 spiro atoms.